The van der Waals surface area contributed by atoms with Gasteiger partial charge in [0.2, 0.25) is 0 Å². The molecule has 1 heterocycles. The Balaban J connectivity index is 2.63. The maximum atomic E-state index is 11.7. The Labute approximate surface area is 105 Å². The average Bonchev–Trinajstić information content (AvgIpc) is 2.29. The van der Waals surface area contributed by atoms with Gasteiger partial charge < -0.3 is 5.32 Å². The lowest BCUT2D eigenvalue weighted by molar-refractivity contribution is 0.0947. The number of amides is 1. The van der Waals surface area contributed by atoms with Crippen LogP contribution in [0.2, 0.25) is 10.2 Å². The van der Waals surface area contributed by atoms with Crippen LogP contribution in [-0.2, 0) is 0 Å². The molecule has 3 nitrogen and oxygen atoms in total. The van der Waals surface area contributed by atoms with Gasteiger partial charge in [0.1, 0.15) is 5.15 Å². The molecule has 88 valence electrons. The molecule has 0 bridgehead atoms. The fraction of sp³-hybridized carbons (Fsp3) is 0.455. The number of nitrogens with zero attached hydrogens (tertiary/aromatic N) is 1. The number of hydrogen-bond acceptors (Lipinski definition) is 2. The number of pyridine rings is 1. The van der Waals surface area contributed by atoms with Crippen molar-refractivity contribution >= 4 is 29.1 Å². The monoisotopic (exact) mass is 260 g/mol. The molecule has 16 heavy (non-hydrogen) atoms. The van der Waals surface area contributed by atoms with E-state index in [1.807, 2.05) is 0 Å². The number of carbonyl (C=O) groups excluding carboxylic acids is 1. The van der Waals surface area contributed by atoms with Crippen LogP contribution < -0.4 is 5.32 Å². The lowest BCUT2D eigenvalue weighted by Gasteiger charge is -2.10. The summed E-state index contributed by atoms with van der Waals surface area (Å²) in [6, 6.07) is 1.52. The minimum atomic E-state index is -0.175. The van der Waals surface area contributed by atoms with E-state index in [2.05, 4.69) is 24.1 Å². The number of hydrogen-bond donors (Lipinski definition) is 1. The second kappa shape index (κ2) is 6.06. The highest BCUT2D eigenvalue weighted by molar-refractivity contribution is 6.41. The van der Waals surface area contributed by atoms with Gasteiger partial charge in [-0.25, -0.2) is 4.98 Å². The van der Waals surface area contributed by atoms with Gasteiger partial charge in [-0.15, -0.1) is 0 Å². The van der Waals surface area contributed by atoms with Crippen molar-refractivity contribution in [2.75, 3.05) is 6.54 Å². The van der Waals surface area contributed by atoms with Crippen molar-refractivity contribution in [3.05, 3.63) is 28.0 Å². The summed E-state index contributed by atoms with van der Waals surface area (Å²) in [6.45, 7) is 4.81. The quantitative estimate of drug-likeness (QED) is 0.846. The van der Waals surface area contributed by atoms with Crippen LogP contribution in [0.25, 0.3) is 0 Å². The summed E-state index contributed by atoms with van der Waals surface area (Å²) in [7, 11) is 0. The summed E-state index contributed by atoms with van der Waals surface area (Å²) in [4.78, 5) is 15.5. The van der Waals surface area contributed by atoms with Gasteiger partial charge >= 0.3 is 0 Å². The molecule has 0 aliphatic heterocycles. The van der Waals surface area contributed by atoms with E-state index in [4.69, 9.17) is 23.2 Å². The highest BCUT2D eigenvalue weighted by Crippen LogP contribution is 2.19. The molecule has 1 aromatic heterocycles. The third-order valence-electron chi connectivity index (χ3n) is 2.37. The molecule has 0 spiro atoms. The number of nitrogens with one attached hydrogen (secondary N) is 1. The Kier molecular flexibility index (Phi) is 5.03. The first-order chi connectivity index (χ1) is 7.54. The summed E-state index contributed by atoms with van der Waals surface area (Å²) in [5.74, 6) is 0.283. The molecule has 1 N–H and O–H groups in total. The Bertz CT molecular complexity index is 382. The van der Waals surface area contributed by atoms with Crippen molar-refractivity contribution in [1.82, 2.24) is 10.3 Å². The normalized spacial score (nSPS) is 12.2. The van der Waals surface area contributed by atoms with Crippen LogP contribution in [-0.4, -0.2) is 17.4 Å². The van der Waals surface area contributed by atoms with Crippen LogP contribution >= 0.6 is 23.2 Å². The largest absolute Gasteiger partial charge is 0.352 e. The molecular formula is C11H14Cl2N2O. The van der Waals surface area contributed by atoms with Gasteiger partial charge in [0.25, 0.3) is 5.91 Å². The smallest absolute Gasteiger partial charge is 0.252 e. The Hall–Kier alpha value is -0.800. The van der Waals surface area contributed by atoms with Crippen LogP contribution in [0.4, 0.5) is 0 Å². The van der Waals surface area contributed by atoms with E-state index >= 15 is 0 Å². The van der Waals surface area contributed by atoms with Gasteiger partial charge in [0.15, 0.2) is 0 Å². The van der Waals surface area contributed by atoms with Crippen molar-refractivity contribution in [2.24, 2.45) is 5.92 Å². The lowest BCUT2D eigenvalue weighted by atomic mass is 10.1. The number of aromatic nitrogens is 1. The van der Waals surface area contributed by atoms with Crippen molar-refractivity contribution in [2.45, 2.75) is 20.3 Å². The van der Waals surface area contributed by atoms with Crippen LogP contribution in [0.15, 0.2) is 12.3 Å². The molecule has 0 fully saturated rings. The molecule has 1 aromatic rings. The van der Waals surface area contributed by atoms with Gasteiger partial charge in [-0.05, 0) is 12.0 Å². The highest BCUT2D eigenvalue weighted by Gasteiger charge is 2.09. The zero-order valence-corrected chi connectivity index (χ0v) is 10.8. The van der Waals surface area contributed by atoms with Crippen molar-refractivity contribution in [1.29, 1.82) is 0 Å². The predicted octanol–water partition coefficient (Wildman–Crippen LogP) is 3.16. The van der Waals surface area contributed by atoms with Gasteiger partial charge in [-0.2, -0.15) is 0 Å². The van der Waals surface area contributed by atoms with Gasteiger partial charge in [-0.1, -0.05) is 43.5 Å². The molecule has 5 heteroatoms. The minimum absolute atomic E-state index is 0.175. The van der Waals surface area contributed by atoms with Crippen molar-refractivity contribution in [3.8, 4) is 0 Å². The highest BCUT2D eigenvalue weighted by atomic mass is 35.5. The summed E-state index contributed by atoms with van der Waals surface area (Å²) < 4.78 is 0. The van der Waals surface area contributed by atoms with Gasteiger partial charge in [0.05, 0.1) is 10.6 Å². The summed E-state index contributed by atoms with van der Waals surface area (Å²) in [5, 5.41) is 3.31. The fourth-order valence-electron chi connectivity index (χ4n) is 1.06. The van der Waals surface area contributed by atoms with Crippen molar-refractivity contribution < 1.29 is 4.79 Å². The Morgan fingerprint density at radius 3 is 2.81 bits per heavy atom. The second-order valence-electron chi connectivity index (χ2n) is 3.72. The average molecular weight is 261 g/mol. The summed E-state index contributed by atoms with van der Waals surface area (Å²) in [5.41, 5.74) is 0.428. The molecule has 0 saturated carbocycles. The van der Waals surface area contributed by atoms with Crippen LogP contribution in [0.5, 0.6) is 0 Å². The zero-order valence-electron chi connectivity index (χ0n) is 9.26. The Morgan fingerprint density at radius 1 is 1.56 bits per heavy atom. The predicted molar refractivity (Wildman–Crippen MR) is 66.0 cm³/mol. The maximum absolute atomic E-state index is 11.7. The van der Waals surface area contributed by atoms with Crippen molar-refractivity contribution in [3.63, 3.8) is 0 Å². The van der Waals surface area contributed by atoms with E-state index in [0.29, 0.717) is 18.0 Å². The molecule has 0 radical (unpaired) electrons. The third-order valence-corrected chi connectivity index (χ3v) is 3.05. The minimum Gasteiger partial charge on any atom is -0.352 e. The molecular weight excluding hydrogens is 247 g/mol. The van der Waals surface area contributed by atoms with Gasteiger partial charge in [-0.3, -0.25) is 4.79 Å². The third kappa shape index (κ3) is 3.65. The van der Waals surface area contributed by atoms with Crippen LogP contribution in [0, 0.1) is 5.92 Å². The molecule has 0 aliphatic carbocycles. The molecule has 0 aliphatic rings. The SMILES string of the molecule is CCC(C)CNC(=O)c1cnc(Cl)c(Cl)c1. The second-order valence-corrected chi connectivity index (χ2v) is 4.49. The van der Waals surface area contributed by atoms with Crippen LogP contribution in [0.3, 0.4) is 0 Å². The van der Waals surface area contributed by atoms with E-state index in [-0.39, 0.29) is 16.1 Å². The van der Waals surface area contributed by atoms with E-state index in [1.54, 1.807) is 0 Å². The van der Waals surface area contributed by atoms with E-state index in [9.17, 15) is 4.79 Å². The molecule has 1 amide bonds. The summed E-state index contributed by atoms with van der Waals surface area (Å²) >= 11 is 11.4. The van der Waals surface area contributed by atoms with E-state index in [1.165, 1.54) is 12.3 Å². The molecule has 0 aromatic carbocycles. The maximum Gasteiger partial charge on any atom is 0.252 e. The zero-order chi connectivity index (χ0) is 12.1. The molecule has 0 saturated heterocycles. The number of carbonyl (C=O) groups is 1. The standard InChI is InChI=1S/C11H14Cl2N2O/c1-3-7(2)5-15-11(16)8-4-9(12)10(13)14-6-8/h4,6-7H,3,5H2,1-2H3,(H,15,16). The Morgan fingerprint density at radius 2 is 2.25 bits per heavy atom. The fourth-order valence-corrected chi connectivity index (χ4v) is 1.33. The van der Waals surface area contributed by atoms with Gasteiger partial charge in [0, 0.05) is 12.7 Å². The number of halogens is 2. The topological polar surface area (TPSA) is 42.0 Å². The first-order valence-corrected chi connectivity index (χ1v) is 5.89. The van der Waals surface area contributed by atoms with E-state index < -0.39 is 0 Å². The first-order valence-electron chi connectivity index (χ1n) is 5.13. The summed E-state index contributed by atoms with van der Waals surface area (Å²) in [6.07, 6.45) is 2.44. The first kappa shape index (κ1) is 13.3. The molecule has 1 unspecified atom stereocenters. The molecule has 1 atom stereocenters. The number of rotatable bonds is 4. The van der Waals surface area contributed by atoms with Crippen LogP contribution in [0.1, 0.15) is 30.6 Å². The molecule has 1 rings (SSSR count). The lowest BCUT2D eigenvalue weighted by Crippen LogP contribution is -2.28. The van der Waals surface area contributed by atoms with E-state index in [0.717, 1.165) is 6.42 Å².